The molecule has 0 N–H and O–H groups in total. The number of rotatable bonds is 7. The number of hydrogen-bond acceptors (Lipinski definition) is 2. The van der Waals surface area contributed by atoms with Crippen LogP contribution in [0.15, 0.2) is 0 Å². The first-order valence-electron chi connectivity index (χ1n) is 4.88. The number of carbonyl (C=O) groups is 1. The van der Waals surface area contributed by atoms with Crippen LogP contribution in [-0.4, -0.2) is 33.5 Å². The van der Waals surface area contributed by atoms with Gasteiger partial charge in [0, 0.05) is 0 Å². The third kappa shape index (κ3) is 7.34. The van der Waals surface area contributed by atoms with Gasteiger partial charge in [0.1, 0.15) is 0 Å². The van der Waals surface area contributed by atoms with Crippen molar-refractivity contribution in [2.75, 3.05) is 6.61 Å². The molecular formula is C10H20O2Te. The summed E-state index contributed by atoms with van der Waals surface area (Å²) in [6, 6.07) is 0. The fourth-order valence-corrected chi connectivity index (χ4v) is 2.80. The van der Waals surface area contributed by atoms with Crippen LogP contribution in [0.4, 0.5) is 0 Å². The molecule has 0 amide bonds. The number of esters is 1. The number of ether oxygens (including phenoxy) is 1. The van der Waals surface area contributed by atoms with E-state index < -0.39 is 0 Å². The molecule has 0 fully saturated rings. The van der Waals surface area contributed by atoms with E-state index in [2.05, 4.69) is 11.9 Å². The van der Waals surface area contributed by atoms with Gasteiger partial charge >= 0.3 is 91.5 Å². The Labute approximate surface area is 91.5 Å². The minimum atomic E-state index is 0.00283. The SMILES string of the molecule is CCCCCOC(=O)C(C)C[Te]C. The van der Waals surface area contributed by atoms with E-state index >= 15 is 0 Å². The monoisotopic (exact) mass is 302 g/mol. The van der Waals surface area contributed by atoms with Gasteiger partial charge in [-0.25, -0.2) is 0 Å². The second-order valence-corrected chi connectivity index (χ2v) is 5.83. The summed E-state index contributed by atoms with van der Waals surface area (Å²) in [5.74, 6) is 0.136. The van der Waals surface area contributed by atoms with Crippen LogP contribution in [0.1, 0.15) is 33.1 Å². The zero-order chi connectivity index (χ0) is 10.1. The van der Waals surface area contributed by atoms with Crippen LogP contribution in [0.2, 0.25) is 9.44 Å². The molecule has 0 aliphatic carbocycles. The summed E-state index contributed by atoms with van der Waals surface area (Å²) in [6.07, 6.45) is 3.34. The molecular weight excluding hydrogens is 280 g/mol. The van der Waals surface area contributed by atoms with Crippen LogP contribution in [-0.2, 0) is 9.53 Å². The summed E-state index contributed by atoms with van der Waals surface area (Å²) in [4.78, 5) is 13.5. The Kier molecular flexibility index (Phi) is 9.02. The number of carbonyl (C=O) groups excluding carboxylic acids is 1. The standard InChI is InChI=1S/C10H20O2Te/c1-4-5-6-7-12-10(11)9(2)8-13-3/h9H,4-8H2,1-3H3. The Hall–Kier alpha value is 0.260. The minimum absolute atomic E-state index is 0.00283. The summed E-state index contributed by atoms with van der Waals surface area (Å²) >= 11 is 0.0577. The fourth-order valence-electron chi connectivity index (χ4n) is 0.985. The molecule has 0 spiro atoms. The molecule has 0 aromatic heterocycles. The predicted molar refractivity (Wildman–Crippen MR) is 56.1 cm³/mol. The number of hydrogen-bond donors (Lipinski definition) is 0. The van der Waals surface area contributed by atoms with Crippen LogP contribution in [0, 0.1) is 5.92 Å². The van der Waals surface area contributed by atoms with E-state index in [9.17, 15) is 4.79 Å². The van der Waals surface area contributed by atoms with Crippen LogP contribution in [0.5, 0.6) is 0 Å². The first-order valence-corrected chi connectivity index (χ1v) is 8.85. The Morgan fingerprint density at radius 2 is 2.15 bits per heavy atom. The third-order valence-electron chi connectivity index (χ3n) is 1.81. The first kappa shape index (κ1) is 13.3. The van der Waals surface area contributed by atoms with Gasteiger partial charge in [-0.2, -0.15) is 0 Å². The molecule has 78 valence electrons. The molecule has 0 aromatic carbocycles. The maximum absolute atomic E-state index is 11.3. The molecule has 0 heterocycles. The van der Waals surface area contributed by atoms with E-state index in [1.165, 1.54) is 6.42 Å². The molecule has 0 aromatic rings. The van der Waals surface area contributed by atoms with Gasteiger partial charge in [0.25, 0.3) is 0 Å². The predicted octanol–water partition coefficient (Wildman–Crippen LogP) is 2.53. The van der Waals surface area contributed by atoms with E-state index in [-0.39, 0.29) is 32.8 Å². The van der Waals surface area contributed by atoms with Gasteiger partial charge in [0.05, 0.1) is 0 Å². The van der Waals surface area contributed by atoms with Crippen molar-refractivity contribution in [2.24, 2.45) is 5.92 Å². The van der Waals surface area contributed by atoms with Crippen molar-refractivity contribution >= 4 is 26.9 Å². The quantitative estimate of drug-likeness (QED) is 0.410. The Morgan fingerprint density at radius 3 is 2.69 bits per heavy atom. The average Bonchev–Trinajstić information content (AvgIpc) is 2.12. The zero-order valence-electron chi connectivity index (χ0n) is 8.84. The molecule has 3 heteroatoms. The van der Waals surface area contributed by atoms with Crippen molar-refractivity contribution in [3.8, 4) is 0 Å². The van der Waals surface area contributed by atoms with Crippen molar-refractivity contribution in [3.63, 3.8) is 0 Å². The van der Waals surface area contributed by atoms with Crippen LogP contribution >= 0.6 is 0 Å². The average molecular weight is 300 g/mol. The zero-order valence-corrected chi connectivity index (χ0v) is 11.2. The van der Waals surface area contributed by atoms with E-state index in [4.69, 9.17) is 4.74 Å². The van der Waals surface area contributed by atoms with E-state index in [1.807, 2.05) is 6.92 Å². The van der Waals surface area contributed by atoms with E-state index in [1.54, 1.807) is 0 Å². The molecule has 0 aliphatic heterocycles. The summed E-state index contributed by atoms with van der Waals surface area (Å²) < 4.78 is 6.21. The first-order chi connectivity index (χ1) is 6.22. The molecule has 0 radical (unpaired) electrons. The Balaban J connectivity index is 3.38. The van der Waals surface area contributed by atoms with Crippen molar-refractivity contribution in [3.05, 3.63) is 0 Å². The van der Waals surface area contributed by atoms with Gasteiger partial charge in [0.15, 0.2) is 0 Å². The topological polar surface area (TPSA) is 26.3 Å². The van der Waals surface area contributed by atoms with Gasteiger partial charge in [-0.15, -0.1) is 0 Å². The van der Waals surface area contributed by atoms with Crippen LogP contribution < -0.4 is 0 Å². The van der Waals surface area contributed by atoms with Crippen molar-refractivity contribution in [2.45, 2.75) is 42.6 Å². The second-order valence-electron chi connectivity index (χ2n) is 3.23. The summed E-state index contributed by atoms with van der Waals surface area (Å²) in [7, 11) is 0. The molecule has 2 nitrogen and oxygen atoms in total. The summed E-state index contributed by atoms with van der Waals surface area (Å²) in [6.45, 7) is 4.73. The molecule has 0 saturated carbocycles. The van der Waals surface area contributed by atoms with Gasteiger partial charge in [-0.1, -0.05) is 0 Å². The summed E-state index contributed by atoms with van der Waals surface area (Å²) in [5, 5.41) is 0. The molecule has 1 unspecified atom stereocenters. The van der Waals surface area contributed by atoms with Gasteiger partial charge in [0.2, 0.25) is 0 Å². The van der Waals surface area contributed by atoms with Crippen molar-refractivity contribution < 1.29 is 9.53 Å². The van der Waals surface area contributed by atoms with Gasteiger partial charge in [-0.05, 0) is 0 Å². The Bertz CT molecular complexity index is 137. The van der Waals surface area contributed by atoms with Crippen molar-refractivity contribution in [1.29, 1.82) is 0 Å². The Morgan fingerprint density at radius 1 is 1.46 bits per heavy atom. The fraction of sp³-hybridized carbons (Fsp3) is 0.900. The van der Waals surface area contributed by atoms with E-state index in [0.717, 1.165) is 17.3 Å². The molecule has 0 rings (SSSR count). The number of unbranched alkanes of at least 4 members (excludes halogenated alkanes) is 2. The normalized spacial score (nSPS) is 12.5. The molecule has 0 bridgehead atoms. The third-order valence-corrected chi connectivity index (χ3v) is 4.19. The van der Waals surface area contributed by atoms with Gasteiger partial charge in [-0.3, -0.25) is 0 Å². The summed E-state index contributed by atoms with van der Waals surface area (Å²) in [5.41, 5.74) is 0. The molecule has 0 saturated heterocycles. The maximum atomic E-state index is 11.3. The van der Waals surface area contributed by atoms with Crippen LogP contribution in [0.3, 0.4) is 0 Å². The molecule has 13 heavy (non-hydrogen) atoms. The molecule has 1 atom stereocenters. The molecule has 0 aliphatic rings. The van der Waals surface area contributed by atoms with Crippen molar-refractivity contribution in [1.82, 2.24) is 0 Å². The van der Waals surface area contributed by atoms with Crippen LogP contribution in [0.25, 0.3) is 0 Å². The second kappa shape index (κ2) is 8.84. The van der Waals surface area contributed by atoms with Gasteiger partial charge < -0.3 is 0 Å². The van der Waals surface area contributed by atoms with E-state index in [0.29, 0.717) is 6.61 Å².